The number of hydrogen-bond donors (Lipinski definition) is 1. The monoisotopic (exact) mass is 351 g/mol. The zero-order valence-corrected chi connectivity index (χ0v) is 13.1. The molecule has 1 N–H and O–H groups in total. The molecular weight excluding hydrogens is 337 g/mol. The molecule has 0 saturated heterocycles. The van der Waals surface area contributed by atoms with Crippen LogP contribution in [0.15, 0.2) is 46.9 Å². The lowest BCUT2D eigenvalue weighted by Gasteiger charge is -2.09. The quantitative estimate of drug-likeness (QED) is 0.877. The van der Waals surface area contributed by atoms with Crippen LogP contribution in [-0.2, 0) is 11.2 Å². The Balaban J connectivity index is 1.89. The van der Waals surface area contributed by atoms with Crippen molar-refractivity contribution in [1.29, 1.82) is 0 Å². The molecule has 1 amide bonds. The van der Waals surface area contributed by atoms with Gasteiger partial charge in [-0.2, -0.15) is 0 Å². The van der Waals surface area contributed by atoms with E-state index in [2.05, 4.69) is 28.2 Å². The predicted molar refractivity (Wildman–Crippen MR) is 84.0 cm³/mol. The van der Waals surface area contributed by atoms with Gasteiger partial charge in [-0.05, 0) is 42.3 Å². The van der Waals surface area contributed by atoms with E-state index in [0.717, 1.165) is 6.42 Å². The van der Waals surface area contributed by atoms with E-state index in [-0.39, 0.29) is 12.3 Å². The fourth-order valence-corrected chi connectivity index (χ4v) is 2.08. The molecule has 2 rings (SSSR count). The Bertz CT molecular complexity index is 629. The van der Waals surface area contributed by atoms with Crippen molar-refractivity contribution in [1.82, 2.24) is 0 Å². The van der Waals surface area contributed by atoms with Crippen molar-refractivity contribution in [3.8, 4) is 5.75 Å². The summed E-state index contributed by atoms with van der Waals surface area (Å²) in [7, 11) is 0. The SMILES string of the molecule is CCc1ccc(OCC(=O)Nc2ccc(Br)cc2F)cc1. The molecule has 3 nitrogen and oxygen atoms in total. The number of carbonyl (C=O) groups excluding carboxylic acids is 1. The molecule has 0 heterocycles. The third-order valence-electron chi connectivity index (χ3n) is 2.91. The van der Waals surface area contributed by atoms with Gasteiger partial charge in [0.25, 0.3) is 5.91 Å². The molecule has 0 aromatic heterocycles. The van der Waals surface area contributed by atoms with Crippen LogP contribution in [0.5, 0.6) is 5.75 Å². The minimum absolute atomic E-state index is 0.133. The van der Waals surface area contributed by atoms with Crippen LogP contribution in [-0.4, -0.2) is 12.5 Å². The van der Waals surface area contributed by atoms with Crippen molar-refractivity contribution in [3.63, 3.8) is 0 Å². The summed E-state index contributed by atoms with van der Waals surface area (Å²) in [4.78, 5) is 11.7. The third kappa shape index (κ3) is 4.56. The van der Waals surface area contributed by atoms with Gasteiger partial charge in [0.2, 0.25) is 0 Å². The number of aryl methyl sites for hydroxylation is 1. The number of halogens is 2. The molecule has 5 heteroatoms. The summed E-state index contributed by atoms with van der Waals surface area (Å²) in [6.07, 6.45) is 0.948. The lowest BCUT2D eigenvalue weighted by atomic mass is 10.2. The van der Waals surface area contributed by atoms with Gasteiger partial charge in [-0.25, -0.2) is 4.39 Å². The highest BCUT2D eigenvalue weighted by Crippen LogP contribution is 2.19. The molecule has 0 spiro atoms. The van der Waals surface area contributed by atoms with Gasteiger partial charge in [-0.1, -0.05) is 35.0 Å². The summed E-state index contributed by atoms with van der Waals surface area (Å²) >= 11 is 3.16. The van der Waals surface area contributed by atoms with Crippen molar-refractivity contribution in [2.45, 2.75) is 13.3 Å². The van der Waals surface area contributed by atoms with Gasteiger partial charge >= 0.3 is 0 Å². The molecule has 0 unspecified atom stereocenters. The number of anilines is 1. The van der Waals surface area contributed by atoms with Crippen LogP contribution in [0, 0.1) is 5.82 Å². The normalized spacial score (nSPS) is 10.2. The molecular formula is C16H15BrFNO2. The summed E-state index contributed by atoms with van der Waals surface area (Å²) in [5.74, 6) is -0.292. The van der Waals surface area contributed by atoms with Crippen molar-refractivity contribution >= 4 is 27.5 Å². The maximum absolute atomic E-state index is 13.6. The fourth-order valence-electron chi connectivity index (χ4n) is 1.75. The first kappa shape index (κ1) is 15.5. The van der Waals surface area contributed by atoms with E-state index in [1.54, 1.807) is 6.07 Å². The summed E-state index contributed by atoms with van der Waals surface area (Å²) in [6.45, 7) is 1.90. The van der Waals surface area contributed by atoms with Crippen LogP contribution in [0.25, 0.3) is 0 Å². The van der Waals surface area contributed by atoms with E-state index < -0.39 is 11.7 Å². The highest BCUT2D eigenvalue weighted by molar-refractivity contribution is 9.10. The molecule has 0 aliphatic carbocycles. The molecule has 0 saturated carbocycles. The number of amides is 1. The Labute approximate surface area is 131 Å². The van der Waals surface area contributed by atoms with Crippen LogP contribution in [0.1, 0.15) is 12.5 Å². The number of hydrogen-bond acceptors (Lipinski definition) is 2. The Morgan fingerprint density at radius 2 is 1.95 bits per heavy atom. The molecule has 2 aromatic carbocycles. The number of rotatable bonds is 5. The zero-order valence-electron chi connectivity index (χ0n) is 11.5. The van der Waals surface area contributed by atoms with Crippen molar-refractivity contribution in [2.24, 2.45) is 0 Å². The van der Waals surface area contributed by atoms with E-state index in [1.165, 1.54) is 17.7 Å². The summed E-state index contributed by atoms with van der Waals surface area (Å²) in [5.41, 5.74) is 1.33. The van der Waals surface area contributed by atoms with Gasteiger partial charge in [0.1, 0.15) is 11.6 Å². The number of ether oxygens (including phenoxy) is 1. The standard InChI is InChI=1S/C16H15BrFNO2/c1-2-11-3-6-13(7-4-11)21-10-16(20)19-15-8-5-12(17)9-14(15)18/h3-9H,2,10H2,1H3,(H,19,20). The lowest BCUT2D eigenvalue weighted by Crippen LogP contribution is -2.20. The van der Waals surface area contributed by atoms with E-state index in [0.29, 0.717) is 10.2 Å². The van der Waals surface area contributed by atoms with Gasteiger partial charge in [0.05, 0.1) is 5.69 Å². The topological polar surface area (TPSA) is 38.3 Å². The molecule has 21 heavy (non-hydrogen) atoms. The molecule has 0 bridgehead atoms. The highest BCUT2D eigenvalue weighted by atomic mass is 79.9. The van der Waals surface area contributed by atoms with E-state index in [4.69, 9.17) is 4.74 Å². The van der Waals surface area contributed by atoms with Gasteiger partial charge in [-0.3, -0.25) is 4.79 Å². The highest BCUT2D eigenvalue weighted by Gasteiger charge is 2.08. The average molecular weight is 352 g/mol. The van der Waals surface area contributed by atoms with Gasteiger partial charge in [0.15, 0.2) is 6.61 Å². The largest absolute Gasteiger partial charge is 0.484 e. The van der Waals surface area contributed by atoms with Crippen LogP contribution >= 0.6 is 15.9 Å². The first-order valence-electron chi connectivity index (χ1n) is 6.55. The third-order valence-corrected chi connectivity index (χ3v) is 3.40. The fraction of sp³-hybridized carbons (Fsp3) is 0.188. The second kappa shape index (κ2) is 7.22. The second-order valence-electron chi connectivity index (χ2n) is 4.46. The average Bonchev–Trinajstić information content (AvgIpc) is 2.48. The van der Waals surface area contributed by atoms with Crippen LogP contribution < -0.4 is 10.1 Å². The molecule has 0 atom stereocenters. The number of carbonyl (C=O) groups is 1. The van der Waals surface area contributed by atoms with Crippen LogP contribution in [0.4, 0.5) is 10.1 Å². The van der Waals surface area contributed by atoms with Crippen LogP contribution in [0.2, 0.25) is 0 Å². The Morgan fingerprint density at radius 1 is 1.24 bits per heavy atom. The maximum Gasteiger partial charge on any atom is 0.262 e. The second-order valence-corrected chi connectivity index (χ2v) is 5.37. The minimum Gasteiger partial charge on any atom is -0.484 e. The van der Waals surface area contributed by atoms with E-state index in [1.807, 2.05) is 24.3 Å². The number of nitrogens with one attached hydrogen (secondary N) is 1. The van der Waals surface area contributed by atoms with Gasteiger partial charge < -0.3 is 10.1 Å². The number of benzene rings is 2. The predicted octanol–water partition coefficient (Wildman–Crippen LogP) is 4.17. The Kier molecular flexibility index (Phi) is 5.33. The molecule has 0 fully saturated rings. The molecule has 2 aromatic rings. The Morgan fingerprint density at radius 3 is 2.57 bits per heavy atom. The first-order valence-corrected chi connectivity index (χ1v) is 7.34. The summed E-state index contributed by atoms with van der Waals surface area (Å²) in [5, 5.41) is 2.47. The van der Waals surface area contributed by atoms with E-state index >= 15 is 0 Å². The smallest absolute Gasteiger partial charge is 0.262 e. The first-order chi connectivity index (χ1) is 10.1. The molecule has 110 valence electrons. The van der Waals surface area contributed by atoms with Crippen molar-refractivity contribution < 1.29 is 13.9 Å². The molecule has 0 aliphatic rings. The van der Waals surface area contributed by atoms with Gasteiger partial charge in [-0.15, -0.1) is 0 Å². The van der Waals surface area contributed by atoms with Crippen molar-refractivity contribution in [2.75, 3.05) is 11.9 Å². The minimum atomic E-state index is -0.495. The summed E-state index contributed by atoms with van der Waals surface area (Å²) in [6, 6.07) is 12.0. The van der Waals surface area contributed by atoms with Crippen molar-refractivity contribution in [3.05, 3.63) is 58.3 Å². The van der Waals surface area contributed by atoms with E-state index in [9.17, 15) is 9.18 Å². The maximum atomic E-state index is 13.6. The summed E-state index contributed by atoms with van der Waals surface area (Å²) < 4.78 is 19.5. The lowest BCUT2D eigenvalue weighted by molar-refractivity contribution is -0.118. The zero-order chi connectivity index (χ0) is 15.2. The Hall–Kier alpha value is -1.88. The molecule has 0 radical (unpaired) electrons. The van der Waals surface area contributed by atoms with Crippen LogP contribution in [0.3, 0.4) is 0 Å². The molecule has 0 aliphatic heterocycles. The van der Waals surface area contributed by atoms with Gasteiger partial charge in [0, 0.05) is 4.47 Å².